The van der Waals surface area contributed by atoms with Crippen molar-refractivity contribution < 1.29 is 13.2 Å². The van der Waals surface area contributed by atoms with E-state index in [0.717, 1.165) is 5.56 Å². The Hall–Kier alpha value is -2.36. The van der Waals surface area contributed by atoms with Crippen molar-refractivity contribution in [1.82, 2.24) is 4.72 Å². The number of ether oxygens (including phenoxy) is 1. The lowest BCUT2D eigenvalue weighted by Gasteiger charge is -2.10. The van der Waals surface area contributed by atoms with Crippen LogP contribution in [-0.2, 0) is 16.6 Å². The van der Waals surface area contributed by atoms with Crippen LogP contribution in [0, 0.1) is 11.3 Å². The van der Waals surface area contributed by atoms with E-state index in [0.29, 0.717) is 11.3 Å². The van der Waals surface area contributed by atoms with E-state index in [1.165, 1.54) is 25.3 Å². The molecule has 1 N–H and O–H groups in total. The second-order valence-corrected chi connectivity index (χ2v) is 6.04. The summed E-state index contributed by atoms with van der Waals surface area (Å²) >= 11 is 0. The Kier molecular flexibility index (Phi) is 4.58. The zero-order valence-electron chi connectivity index (χ0n) is 11.4. The Balaban J connectivity index is 2.20. The monoisotopic (exact) mass is 302 g/mol. The minimum atomic E-state index is -3.67. The third kappa shape index (κ3) is 3.60. The number of nitrogens with one attached hydrogen (secondary N) is 1. The summed E-state index contributed by atoms with van der Waals surface area (Å²) in [5.41, 5.74) is 1.04. The summed E-state index contributed by atoms with van der Waals surface area (Å²) in [5, 5.41) is 8.82. The van der Waals surface area contributed by atoms with E-state index in [-0.39, 0.29) is 11.4 Å². The third-order valence-electron chi connectivity index (χ3n) is 2.92. The molecule has 2 rings (SSSR count). The number of methoxy groups -OCH3 is 1. The fourth-order valence-electron chi connectivity index (χ4n) is 1.84. The first kappa shape index (κ1) is 15.0. The Labute approximate surface area is 123 Å². The largest absolute Gasteiger partial charge is 0.496 e. The van der Waals surface area contributed by atoms with Crippen molar-refractivity contribution in [3.8, 4) is 11.8 Å². The van der Waals surface area contributed by atoms with E-state index in [9.17, 15) is 8.42 Å². The van der Waals surface area contributed by atoms with Gasteiger partial charge < -0.3 is 4.74 Å². The van der Waals surface area contributed by atoms with Crippen LogP contribution in [-0.4, -0.2) is 15.5 Å². The standard InChI is InChI=1S/C15H14N2O3S/c1-20-15-8-3-2-6-13(15)11-17-21(18,19)14-7-4-5-12(9-14)10-16/h2-9,17H,11H2,1H3. The van der Waals surface area contributed by atoms with E-state index >= 15 is 0 Å². The normalized spacial score (nSPS) is 10.9. The maximum absolute atomic E-state index is 12.2. The predicted molar refractivity (Wildman–Crippen MR) is 78.2 cm³/mol. The van der Waals surface area contributed by atoms with Crippen molar-refractivity contribution in [3.63, 3.8) is 0 Å². The Bertz CT molecular complexity index is 780. The van der Waals surface area contributed by atoms with Crippen LogP contribution in [0.4, 0.5) is 0 Å². The number of nitriles is 1. The fourth-order valence-corrected chi connectivity index (χ4v) is 2.89. The molecular formula is C15H14N2O3S. The van der Waals surface area contributed by atoms with Gasteiger partial charge in [-0.2, -0.15) is 5.26 Å². The molecule has 0 spiro atoms. The number of sulfonamides is 1. The second kappa shape index (κ2) is 6.39. The van der Waals surface area contributed by atoms with Gasteiger partial charge >= 0.3 is 0 Å². The first-order valence-corrected chi connectivity index (χ1v) is 7.67. The average Bonchev–Trinajstić information content (AvgIpc) is 2.53. The number of hydrogen-bond donors (Lipinski definition) is 1. The molecule has 0 aromatic heterocycles. The topological polar surface area (TPSA) is 79.2 Å². The highest BCUT2D eigenvalue weighted by Crippen LogP contribution is 2.18. The molecule has 0 saturated heterocycles. The minimum Gasteiger partial charge on any atom is -0.496 e. The SMILES string of the molecule is COc1ccccc1CNS(=O)(=O)c1cccc(C#N)c1. The molecule has 21 heavy (non-hydrogen) atoms. The average molecular weight is 302 g/mol. The number of para-hydroxylation sites is 1. The smallest absolute Gasteiger partial charge is 0.240 e. The van der Waals surface area contributed by atoms with Crippen LogP contribution in [0.3, 0.4) is 0 Å². The summed E-state index contributed by atoms with van der Waals surface area (Å²) in [5.74, 6) is 0.617. The van der Waals surface area contributed by atoms with Gasteiger partial charge in [-0.05, 0) is 24.3 Å². The van der Waals surface area contributed by atoms with Crippen molar-refractivity contribution in [2.45, 2.75) is 11.4 Å². The van der Waals surface area contributed by atoms with Crippen molar-refractivity contribution in [3.05, 3.63) is 59.7 Å². The lowest BCUT2D eigenvalue weighted by atomic mass is 10.2. The van der Waals surface area contributed by atoms with Gasteiger partial charge in [0.1, 0.15) is 5.75 Å². The number of hydrogen-bond acceptors (Lipinski definition) is 4. The summed E-state index contributed by atoms with van der Waals surface area (Å²) in [7, 11) is -2.14. The summed E-state index contributed by atoms with van der Waals surface area (Å²) in [4.78, 5) is 0.0662. The molecule has 2 aromatic carbocycles. The summed E-state index contributed by atoms with van der Waals surface area (Å²) < 4.78 is 32.1. The molecule has 0 saturated carbocycles. The van der Waals surface area contributed by atoms with Crippen LogP contribution in [0.2, 0.25) is 0 Å². The van der Waals surface area contributed by atoms with E-state index in [2.05, 4.69) is 4.72 Å². The third-order valence-corrected chi connectivity index (χ3v) is 4.32. The molecule has 5 nitrogen and oxygen atoms in total. The molecule has 0 radical (unpaired) electrons. The molecule has 0 atom stereocenters. The van der Waals surface area contributed by atoms with Gasteiger partial charge in [-0.15, -0.1) is 0 Å². The zero-order valence-corrected chi connectivity index (χ0v) is 12.2. The quantitative estimate of drug-likeness (QED) is 0.916. The molecule has 0 unspecified atom stereocenters. The fraction of sp³-hybridized carbons (Fsp3) is 0.133. The zero-order chi connectivity index (χ0) is 15.3. The molecule has 6 heteroatoms. The molecule has 2 aromatic rings. The minimum absolute atomic E-state index is 0.0662. The Morgan fingerprint density at radius 3 is 2.67 bits per heavy atom. The van der Waals surface area contributed by atoms with E-state index in [4.69, 9.17) is 10.00 Å². The van der Waals surface area contributed by atoms with Crippen molar-refractivity contribution in [2.75, 3.05) is 7.11 Å². The molecule has 0 aliphatic rings. The van der Waals surface area contributed by atoms with Crippen LogP contribution in [0.25, 0.3) is 0 Å². The molecule has 0 fully saturated rings. The summed E-state index contributed by atoms with van der Waals surface area (Å²) in [6.07, 6.45) is 0. The van der Waals surface area contributed by atoms with Crippen LogP contribution in [0.15, 0.2) is 53.4 Å². The van der Waals surface area contributed by atoms with Crippen molar-refractivity contribution in [2.24, 2.45) is 0 Å². The van der Waals surface area contributed by atoms with E-state index in [1.807, 2.05) is 18.2 Å². The molecule has 0 amide bonds. The molecule has 0 aliphatic heterocycles. The van der Waals surface area contributed by atoms with Gasteiger partial charge in [-0.1, -0.05) is 24.3 Å². The lowest BCUT2D eigenvalue weighted by Crippen LogP contribution is -2.23. The molecule has 0 heterocycles. The Morgan fingerprint density at radius 2 is 1.95 bits per heavy atom. The summed E-state index contributed by atoms with van der Waals surface area (Å²) in [6, 6.07) is 15.0. The van der Waals surface area contributed by atoms with Crippen LogP contribution in [0.5, 0.6) is 5.75 Å². The molecule has 108 valence electrons. The molecular weight excluding hydrogens is 288 g/mol. The highest BCUT2D eigenvalue weighted by atomic mass is 32.2. The van der Waals surface area contributed by atoms with Gasteiger partial charge in [0.05, 0.1) is 23.6 Å². The van der Waals surface area contributed by atoms with Crippen LogP contribution >= 0.6 is 0 Å². The van der Waals surface area contributed by atoms with Crippen LogP contribution in [0.1, 0.15) is 11.1 Å². The maximum Gasteiger partial charge on any atom is 0.240 e. The highest BCUT2D eigenvalue weighted by Gasteiger charge is 2.15. The van der Waals surface area contributed by atoms with Crippen molar-refractivity contribution in [1.29, 1.82) is 5.26 Å². The first-order valence-electron chi connectivity index (χ1n) is 6.18. The van der Waals surface area contributed by atoms with E-state index in [1.54, 1.807) is 18.2 Å². The van der Waals surface area contributed by atoms with Gasteiger partial charge in [-0.3, -0.25) is 0 Å². The highest BCUT2D eigenvalue weighted by molar-refractivity contribution is 7.89. The molecule has 0 aliphatic carbocycles. The van der Waals surface area contributed by atoms with Crippen LogP contribution < -0.4 is 9.46 Å². The summed E-state index contributed by atoms with van der Waals surface area (Å²) in [6.45, 7) is 0.114. The lowest BCUT2D eigenvalue weighted by molar-refractivity contribution is 0.409. The van der Waals surface area contributed by atoms with E-state index < -0.39 is 10.0 Å². The van der Waals surface area contributed by atoms with Gasteiger partial charge in [0.15, 0.2) is 0 Å². The first-order chi connectivity index (χ1) is 10.1. The van der Waals surface area contributed by atoms with Gasteiger partial charge in [0.2, 0.25) is 10.0 Å². The predicted octanol–water partition coefficient (Wildman–Crippen LogP) is 2.05. The maximum atomic E-state index is 12.2. The van der Waals surface area contributed by atoms with Gasteiger partial charge in [0, 0.05) is 12.1 Å². The number of benzene rings is 2. The Morgan fingerprint density at radius 1 is 1.19 bits per heavy atom. The van der Waals surface area contributed by atoms with Gasteiger partial charge in [-0.25, -0.2) is 13.1 Å². The second-order valence-electron chi connectivity index (χ2n) is 4.28. The van der Waals surface area contributed by atoms with Gasteiger partial charge in [0.25, 0.3) is 0 Å². The van der Waals surface area contributed by atoms with Crippen molar-refractivity contribution >= 4 is 10.0 Å². The number of rotatable bonds is 5. The molecule has 0 bridgehead atoms. The number of nitrogens with zero attached hydrogens (tertiary/aromatic N) is 1.